The number of hydrogen-bond donors (Lipinski definition) is 2. The van der Waals surface area contributed by atoms with Crippen LogP contribution in [-0.4, -0.2) is 15.9 Å². The van der Waals surface area contributed by atoms with E-state index in [1.807, 2.05) is 30.3 Å². The molecule has 24 heavy (non-hydrogen) atoms. The van der Waals surface area contributed by atoms with Crippen LogP contribution < -0.4 is 10.9 Å². The number of hydrogen-bond acceptors (Lipinski definition) is 5. The molecular weight excluding hydrogens is 304 g/mol. The number of fused-ring (bicyclic) bond motifs is 1. The topological polar surface area (TPSA) is 80.0 Å². The second-order valence-corrected chi connectivity index (χ2v) is 5.60. The van der Waals surface area contributed by atoms with Gasteiger partial charge < -0.3 is 4.42 Å². The number of anilines is 1. The van der Waals surface area contributed by atoms with E-state index in [1.54, 1.807) is 12.1 Å². The molecule has 6 heteroatoms. The molecule has 3 aromatic rings. The molecule has 0 saturated carbocycles. The SMILES string of the molecule is O=C(NNc1nc(-c2ccccc2)nc2c1CCC2)c1ccco1. The van der Waals surface area contributed by atoms with Crippen molar-refractivity contribution in [3.63, 3.8) is 0 Å². The molecule has 120 valence electrons. The highest BCUT2D eigenvalue weighted by molar-refractivity contribution is 5.92. The molecule has 4 rings (SSSR count). The zero-order valence-corrected chi connectivity index (χ0v) is 13.0. The molecule has 6 nitrogen and oxygen atoms in total. The van der Waals surface area contributed by atoms with Crippen LogP contribution in [0, 0.1) is 0 Å². The zero-order valence-electron chi connectivity index (χ0n) is 13.0. The van der Waals surface area contributed by atoms with Gasteiger partial charge in [-0.15, -0.1) is 0 Å². The van der Waals surface area contributed by atoms with Crippen molar-refractivity contribution in [2.75, 3.05) is 5.43 Å². The van der Waals surface area contributed by atoms with Crippen LogP contribution in [0.15, 0.2) is 53.1 Å². The second kappa shape index (κ2) is 6.16. The van der Waals surface area contributed by atoms with Crippen molar-refractivity contribution in [1.29, 1.82) is 0 Å². The fraction of sp³-hybridized carbons (Fsp3) is 0.167. The first kappa shape index (κ1) is 14.4. The van der Waals surface area contributed by atoms with Gasteiger partial charge in [0.2, 0.25) is 0 Å². The quantitative estimate of drug-likeness (QED) is 0.722. The Bertz CT molecular complexity index is 860. The van der Waals surface area contributed by atoms with E-state index in [-0.39, 0.29) is 11.7 Å². The van der Waals surface area contributed by atoms with Crippen molar-refractivity contribution < 1.29 is 9.21 Å². The Balaban J connectivity index is 1.62. The molecule has 0 bridgehead atoms. The minimum Gasteiger partial charge on any atom is -0.459 e. The summed E-state index contributed by atoms with van der Waals surface area (Å²) in [4.78, 5) is 21.3. The van der Waals surface area contributed by atoms with Gasteiger partial charge in [-0.05, 0) is 31.4 Å². The summed E-state index contributed by atoms with van der Waals surface area (Å²) in [7, 11) is 0. The van der Waals surface area contributed by atoms with E-state index in [0.717, 1.165) is 36.1 Å². The molecular formula is C18H16N4O2. The normalized spacial score (nSPS) is 12.7. The molecule has 0 unspecified atom stereocenters. The number of nitrogens with zero attached hydrogens (tertiary/aromatic N) is 2. The smallest absolute Gasteiger partial charge is 0.305 e. The number of nitrogens with one attached hydrogen (secondary N) is 2. The van der Waals surface area contributed by atoms with Crippen LogP contribution in [0.4, 0.5) is 5.82 Å². The third-order valence-corrected chi connectivity index (χ3v) is 4.00. The van der Waals surface area contributed by atoms with Gasteiger partial charge in [0.1, 0.15) is 0 Å². The summed E-state index contributed by atoms with van der Waals surface area (Å²) in [6.45, 7) is 0. The van der Waals surface area contributed by atoms with Crippen molar-refractivity contribution in [3.05, 3.63) is 65.7 Å². The first-order valence-corrected chi connectivity index (χ1v) is 7.86. The average molecular weight is 320 g/mol. The van der Waals surface area contributed by atoms with Gasteiger partial charge in [0, 0.05) is 16.8 Å². The minimum absolute atomic E-state index is 0.247. The van der Waals surface area contributed by atoms with Crippen molar-refractivity contribution in [2.45, 2.75) is 19.3 Å². The Morgan fingerprint density at radius 1 is 1.04 bits per heavy atom. The monoisotopic (exact) mass is 320 g/mol. The number of benzene rings is 1. The summed E-state index contributed by atoms with van der Waals surface area (Å²) in [6.07, 6.45) is 4.34. The summed E-state index contributed by atoms with van der Waals surface area (Å²) in [6, 6.07) is 13.1. The Morgan fingerprint density at radius 2 is 1.92 bits per heavy atom. The Hall–Kier alpha value is -3.15. The largest absolute Gasteiger partial charge is 0.459 e. The third kappa shape index (κ3) is 2.74. The molecule has 1 aliphatic carbocycles. The van der Waals surface area contributed by atoms with Gasteiger partial charge in [-0.2, -0.15) is 0 Å². The van der Waals surface area contributed by atoms with Gasteiger partial charge >= 0.3 is 5.91 Å². The maximum absolute atomic E-state index is 12.0. The molecule has 2 aromatic heterocycles. The third-order valence-electron chi connectivity index (χ3n) is 4.00. The van der Waals surface area contributed by atoms with Crippen LogP contribution in [0.5, 0.6) is 0 Å². The predicted octanol–water partition coefficient (Wildman–Crippen LogP) is 2.98. The van der Waals surface area contributed by atoms with Crippen molar-refractivity contribution in [1.82, 2.24) is 15.4 Å². The van der Waals surface area contributed by atoms with E-state index in [4.69, 9.17) is 4.42 Å². The summed E-state index contributed by atoms with van der Waals surface area (Å²) < 4.78 is 5.08. The lowest BCUT2D eigenvalue weighted by molar-refractivity contribution is 0.0935. The van der Waals surface area contributed by atoms with Crippen molar-refractivity contribution in [2.24, 2.45) is 0 Å². The molecule has 0 saturated heterocycles. The van der Waals surface area contributed by atoms with Crippen LogP contribution in [0.25, 0.3) is 11.4 Å². The van der Waals surface area contributed by atoms with Gasteiger partial charge in [0.05, 0.1) is 6.26 Å². The number of hydrazine groups is 1. The molecule has 0 atom stereocenters. The molecule has 1 aromatic carbocycles. The Morgan fingerprint density at radius 3 is 2.71 bits per heavy atom. The molecule has 2 N–H and O–H groups in total. The second-order valence-electron chi connectivity index (χ2n) is 5.60. The number of furan rings is 1. The number of carbonyl (C=O) groups excluding carboxylic acids is 1. The first-order chi connectivity index (χ1) is 11.8. The summed E-state index contributed by atoms with van der Waals surface area (Å²) in [5.74, 6) is 1.21. The maximum Gasteiger partial charge on any atom is 0.305 e. The molecule has 2 heterocycles. The standard InChI is InChI=1S/C18H16N4O2/c23-18(15-10-5-11-24-15)22-21-17-13-8-4-9-14(13)19-16(20-17)12-6-2-1-3-7-12/h1-3,5-7,10-11H,4,8-9H2,(H,22,23)(H,19,20,21). The lowest BCUT2D eigenvalue weighted by Gasteiger charge is -2.12. The number of rotatable bonds is 4. The lowest BCUT2D eigenvalue weighted by atomic mass is 10.2. The molecule has 0 fully saturated rings. The fourth-order valence-electron chi connectivity index (χ4n) is 2.84. The predicted molar refractivity (Wildman–Crippen MR) is 89.3 cm³/mol. The zero-order chi connectivity index (χ0) is 16.4. The van der Waals surface area contributed by atoms with Crippen LogP contribution in [0.2, 0.25) is 0 Å². The van der Waals surface area contributed by atoms with Crippen LogP contribution in [0.1, 0.15) is 28.2 Å². The molecule has 1 aliphatic rings. The lowest BCUT2D eigenvalue weighted by Crippen LogP contribution is -2.30. The maximum atomic E-state index is 12.0. The summed E-state index contributed by atoms with van der Waals surface area (Å²) in [5.41, 5.74) is 8.63. The summed E-state index contributed by atoms with van der Waals surface area (Å²) in [5, 5.41) is 0. The van der Waals surface area contributed by atoms with Crippen LogP contribution >= 0.6 is 0 Å². The van der Waals surface area contributed by atoms with E-state index in [9.17, 15) is 4.79 Å². The minimum atomic E-state index is -0.341. The number of carbonyl (C=O) groups is 1. The van der Waals surface area contributed by atoms with Gasteiger partial charge in [0.25, 0.3) is 0 Å². The summed E-state index contributed by atoms with van der Waals surface area (Å²) >= 11 is 0. The van der Waals surface area contributed by atoms with E-state index in [2.05, 4.69) is 20.8 Å². The Kier molecular flexibility index (Phi) is 3.70. The number of amides is 1. The Labute approximate surface area is 138 Å². The highest BCUT2D eigenvalue weighted by Gasteiger charge is 2.20. The first-order valence-electron chi connectivity index (χ1n) is 7.86. The molecule has 0 spiro atoms. The van der Waals surface area contributed by atoms with E-state index >= 15 is 0 Å². The van der Waals surface area contributed by atoms with Gasteiger partial charge in [-0.3, -0.25) is 15.6 Å². The average Bonchev–Trinajstić information content (AvgIpc) is 3.31. The van der Waals surface area contributed by atoms with E-state index in [0.29, 0.717) is 11.6 Å². The fourth-order valence-corrected chi connectivity index (χ4v) is 2.84. The molecule has 0 aliphatic heterocycles. The number of aryl methyl sites for hydroxylation is 1. The van der Waals surface area contributed by atoms with Gasteiger partial charge in [-0.1, -0.05) is 30.3 Å². The van der Waals surface area contributed by atoms with Crippen LogP contribution in [-0.2, 0) is 12.8 Å². The molecule has 0 radical (unpaired) electrons. The highest BCUT2D eigenvalue weighted by Crippen LogP contribution is 2.28. The van der Waals surface area contributed by atoms with Gasteiger partial charge in [0.15, 0.2) is 17.4 Å². The van der Waals surface area contributed by atoms with Crippen molar-refractivity contribution >= 4 is 11.7 Å². The highest BCUT2D eigenvalue weighted by atomic mass is 16.3. The van der Waals surface area contributed by atoms with Crippen molar-refractivity contribution in [3.8, 4) is 11.4 Å². The van der Waals surface area contributed by atoms with Crippen LogP contribution in [0.3, 0.4) is 0 Å². The number of aromatic nitrogens is 2. The van der Waals surface area contributed by atoms with E-state index in [1.165, 1.54) is 6.26 Å². The van der Waals surface area contributed by atoms with Gasteiger partial charge in [-0.25, -0.2) is 9.97 Å². The van der Waals surface area contributed by atoms with E-state index < -0.39 is 0 Å². The molecule has 1 amide bonds.